The van der Waals surface area contributed by atoms with Gasteiger partial charge in [0.2, 0.25) is 0 Å². The Labute approximate surface area is 281 Å². The number of hydrogen-bond acceptors (Lipinski definition) is 2. The Hall–Kier alpha value is -6.12. The van der Waals surface area contributed by atoms with Gasteiger partial charge in [0.15, 0.2) is 0 Å². The fraction of sp³-hybridized carbons (Fsp3) is 0.0435. The number of allylic oxidation sites excluding steroid dienone is 3. The lowest BCUT2D eigenvalue weighted by atomic mass is 9.97. The summed E-state index contributed by atoms with van der Waals surface area (Å²) in [5.41, 5.74) is 15.6. The van der Waals surface area contributed by atoms with Crippen LogP contribution < -0.4 is 0 Å². The molecule has 1 saturated carbocycles. The highest BCUT2D eigenvalue weighted by Gasteiger charge is 2.39. The van der Waals surface area contributed by atoms with Gasteiger partial charge in [0.25, 0.3) is 0 Å². The van der Waals surface area contributed by atoms with E-state index >= 15 is 0 Å². The van der Waals surface area contributed by atoms with Gasteiger partial charge in [-0.3, -0.25) is 9.98 Å². The molecule has 0 radical (unpaired) electrons. The summed E-state index contributed by atoms with van der Waals surface area (Å²) in [6.45, 7) is 0. The monoisotopic (exact) mass is 612 g/mol. The molecule has 0 amide bonds. The average Bonchev–Trinajstić information content (AvgIpc) is 3.97. The second-order valence-corrected chi connectivity index (χ2v) is 12.6. The third-order valence-electron chi connectivity index (χ3n) is 9.62. The summed E-state index contributed by atoms with van der Waals surface area (Å²) in [4.78, 5) is 9.73. The van der Waals surface area contributed by atoms with Crippen LogP contribution in [0.25, 0.3) is 55.4 Å². The maximum Gasteiger partial charge on any atom is 0.0711 e. The third-order valence-corrected chi connectivity index (χ3v) is 9.62. The summed E-state index contributed by atoms with van der Waals surface area (Å²) in [7, 11) is 0. The van der Waals surface area contributed by atoms with E-state index in [1.54, 1.807) is 0 Å². The van der Waals surface area contributed by atoms with Crippen LogP contribution >= 0.6 is 0 Å². The van der Waals surface area contributed by atoms with Crippen LogP contribution in [0.4, 0.5) is 0 Å². The molecule has 2 heterocycles. The molecular formula is C46H32N2. The van der Waals surface area contributed by atoms with Crippen molar-refractivity contribution in [3.05, 3.63) is 198 Å². The SMILES string of the molecule is C1=C(c2ccc(-c3ccc(-c4cccnc4)cc3)cc2)N=C(c2ccc(-c3ccccc3)cc2)C2CC2=C1c1ccc2ccccc2c1. The molecule has 6 aromatic carbocycles. The highest BCUT2D eigenvalue weighted by atomic mass is 14.8. The van der Waals surface area contributed by atoms with E-state index in [1.165, 1.54) is 60.9 Å². The van der Waals surface area contributed by atoms with Gasteiger partial charge in [-0.25, -0.2) is 0 Å². The van der Waals surface area contributed by atoms with Crippen LogP contribution in [0.15, 0.2) is 187 Å². The minimum absolute atomic E-state index is 0.320. The lowest BCUT2D eigenvalue weighted by molar-refractivity contribution is 1.22. The number of nitrogens with zero attached hydrogens (tertiary/aromatic N) is 2. The maximum absolute atomic E-state index is 5.46. The van der Waals surface area contributed by atoms with E-state index in [4.69, 9.17) is 4.99 Å². The van der Waals surface area contributed by atoms with Crippen molar-refractivity contribution in [3.8, 4) is 33.4 Å². The molecule has 0 spiro atoms. The Morgan fingerprint density at radius 3 is 1.65 bits per heavy atom. The van der Waals surface area contributed by atoms with Crippen molar-refractivity contribution in [2.45, 2.75) is 6.42 Å². The zero-order valence-electron chi connectivity index (χ0n) is 26.4. The predicted octanol–water partition coefficient (Wildman–Crippen LogP) is 11.6. The van der Waals surface area contributed by atoms with E-state index in [0.29, 0.717) is 5.92 Å². The van der Waals surface area contributed by atoms with Gasteiger partial charge < -0.3 is 0 Å². The molecule has 0 bridgehead atoms. The molecule has 1 aromatic heterocycles. The maximum atomic E-state index is 5.46. The van der Waals surface area contributed by atoms with Crippen molar-refractivity contribution in [2.24, 2.45) is 10.9 Å². The molecule has 48 heavy (non-hydrogen) atoms. The number of hydrogen-bond donors (Lipinski definition) is 0. The first kappa shape index (κ1) is 28.1. The summed E-state index contributed by atoms with van der Waals surface area (Å²) in [5, 5.41) is 2.52. The summed E-state index contributed by atoms with van der Waals surface area (Å²) < 4.78 is 0. The van der Waals surface area contributed by atoms with Crippen LogP contribution in [0.2, 0.25) is 0 Å². The second kappa shape index (κ2) is 11.9. The number of rotatable bonds is 6. The molecule has 2 nitrogen and oxygen atoms in total. The minimum atomic E-state index is 0.320. The normalized spacial score (nSPS) is 15.4. The molecule has 1 fully saturated rings. The molecule has 1 atom stereocenters. The predicted molar refractivity (Wildman–Crippen MR) is 200 cm³/mol. The molecule has 1 aliphatic heterocycles. The zero-order chi connectivity index (χ0) is 31.9. The van der Waals surface area contributed by atoms with Gasteiger partial charge in [0, 0.05) is 23.9 Å². The first-order chi connectivity index (χ1) is 23.8. The summed E-state index contributed by atoms with van der Waals surface area (Å²) >= 11 is 0. The van der Waals surface area contributed by atoms with Gasteiger partial charge in [-0.2, -0.15) is 0 Å². The molecule has 9 rings (SSSR count). The molecule has 0 N–H and O–H groups in total. The van der Waals surface area contributed by atoms with Crippen LogP contribution in [0, 0.1) is 5.92 Å². The fourth-order valence-electron chi connectivity index (χ4n) is 6.92. The largest absolute Gasteiger partial charge is 0.264 e. The second-order valence-electron chi connectivity index (χ2n) is 12.6. The molecule has 2 aliphatic rings. The van der Waals surface area contributed by atoms with Crippen molar-refractivity contribution in [3.63, 3.8) is 0 Å². The van der Waals surface area contributed by atoms with E-state index in [2.05, 4.69) is 163 Å². The highest BCUT2D eigenvalue weighted by Crippen LogP contribution is 2.49. The number of pyridine rings is 1. The van der Waals surface area contributed by atoms with E-state index in [0.717, 1.165) is 29.0 Å². The van der Waals surface area contributed by atoms with Crippen LogP contribution in [0.3, 0.4) is 0 Å². The van der Waals surface area contributed by atoms with Gasteiger partial charge in [-0.15, -0.1) is 0 Å². The Morgan fingerprint density at radius 2 is 0.979 bits per heavy atom. The molecular weight excluding hydrogens is 581 g/mol. The zero-order valence-corrected chi connectivity index (χ0v) is 26.4. The van der Waals surface area contributed by atoms with Gasteiger partial charge in [-0.1, -0.05) is 151 Å². The first-order valence-corrected chi connectivity index (χ1v) is 16.6. The summed E-state index contributed by atoms with van der Waals surface area (Å²) in [6.07, 6.45) is 7.08. The topological polar surface area (TPSA) is 25.2 Å². The van der Waals surface area contributed by atoms with Crippen molar-refractivity contribution in [2.75, 3.05) is 0 Å². The smallest absolute Gasteiger partial charge is 0.0711 e. The minimum Gasteiger partial charge on any atom is -0.264 e. The Kier molecular flexibility index (Phi) is 6.98. The van der Waals surface area contributed by atoms with Crippen LogP contribution in [0.1, 0.15) is 23.1 Å². The molecule has 226 valence electrons. The molecule has 7 aromatic rings. The van der Waals surface area contributed by atoms with Crippen molar-refractivity contribution < 1.29 is 0 Å². The van der Waals surface area contributed by atoms with Gasteiger partial charge in [-0.05, 0) is 85.5 Å². The van der Waals surface area contributed by atoms with Crippen molar-refractivity contribution in [1.82, 2.24) is 4.98 Å². The van der Waals surface area contributed by atoms with Crippen molar-refractivity contribution >= 4 is 27.8 Å². The lowest BCUT2D eigenvalue weighted by Crippen LogP contribution is -2.04. The average molecular weight is 613 g/mol. The number of aromatic nitrogens is 1. The van der Waals surface area contributed by atoms with E-state index < -0.39 is 0 Å². The van der Waals surface area contributed by atoms with Crippen LogP contribution in [0.5, 0.6) is 0 Å². The molecule has 0 saturated heterocycles. The number of aliphatic imine (C=N–C) groups is 1. The van der Waals surface area contributed by atoms with E-state index in [-0.39, 0.29) is 0 Å². The Morgan fingerprint density at radius 1 is 0.438 bits per heavy atom. The number of benzene rings is 6. The Balaban J connectivity index is 1.09. The lowest BCUT2D eigenvalue weighted by Gasteiger charge is -2.11. The standard InChI is InChI=1S/C46H32N2/c1-2-7-31(8-3-1)33-18-23-38(24-19-33)46-44-28-43(44)42(40-25-20-32-9-4-5-10-39(32)27-40)29-45(48-46)37-21-16-35(17-22-37)34-12-14-36(15-13-34)41-11-6-26-47-30-41/h1-27,29-30,44H,28H2. The molecule has 2 heteroatoms. The summed E-state index contributed by atoms with van der Waals surface area (Å²) in [6, 6.07) is 56.6. The van der Waals surface area contributed by atoms with E-state index in [1.807, 2.05) is 18.5 Å². The quantitative estimate of drug-likeness (QED) is 0.183. The summed E-state index contributed by atoms with van der Waals surface area (Å²) in [5.74, 6) is 0.320. The van der Waals surface area contributed by atoms with Crippen LogP contribution in [-0.4, -0.2) is 10.7 Å². The third kappa shape index (κ3) is 5.38. The Bertz CT molecular complexity index is 2360. The van der Waals surface area contributed by atoms with E-state index in [9.17, 15) is 0 Å². The highest BCUT2D eigenvalue weighted by molar-refractivity contribution is 6.13. The van der Waals surface area contributed by atoms with Gasteiger partial charge in [0.1, 0.15) is 0 Å². The molecule has 1 unspecified atom stereocenters. The fourth-order valence-corrected chi connectivity index (χ4v) is 6.92. The van der Waals surface area contributed by atoms with Crippen LogP contribution in [-0.2, 0) is 0 Å². The van der Waals surface area contributed by atoms with Gasteiger partial charge in [0.05, 0.1) is 11.4 Å². The van der Waals surface area contributed by atoms with Crippen molar-refractivity contribution in [1.29, 1.82) is 0 Å². The first-order valence-electron chi connectivity index (χ1n) is 16.6. The van der Waals surface area contributed by atoms with Gasteiger partial charge >= 0.3 is 0 Å². The molecule has 1 aliphatic carbocycles. The number of fused-ring (bicyclic) bond motifs is 2.